The topological polar surface area (TPSA) is 56.6 Å². The van der Waals surface area contributed by atoms with Crippen LogP contribution in [-0.2, 0) is 7.05 Å². The standard InChI is InChI=1S/C15H16BrN3O3/c1-18(11-7-17-19(2)15(20)14(11)16)8-10-9-21-12-5-3-4-6-13(12)22-10/h3-7,10H,8-9H2,1-2H3. The summed E-state index contributed by atoms with van der Waals surface area (Å²) in [5.74, 6) is 1.51. The zero-order valence-corrected chi connectivity index (χ0v) is 13.9. The van der Waals surface area contributed by atoms with Crippen molar-refractivity contribution in [3.63, 3.8) is 0 Å². The molecule has 0 saturated heterocycles. The molecule has 1 aromatic carbocycles. The Bertz CT molecular complexity index is 747. The Hall–Kier alpha value is -2.02. The highest BCUT2D eigenvalue weighted by atomic mass is 79.9. The van der Waals surface area contributed by atoms with Gasteiger partial charge in [-0.1, -0.05) is 12.1 Å². The van der Waals surface area contributed by atoms with Crippen molar-refractivity contribution in [1.82, 2.24) is 9.78 Å². The lowest BCUT2D eigenvalue weighted by Crippen LogP contribution is -2.40. The van der Waals surface area contributed by atoms with Crippen molar-refractivity contribution in [2.75, 3.05) is 25.1 Å². The highest BCUT2D eigenvalue weighted by Crippen LogP contribution is 2.31. The molecular formula is C15H16BrN3O3. The van der Waals surface area contributed by atoms with Crippen molar-refractivity contribution in [2.24, 2.45) is 7.05 Å². The molecule has 3 rings (SSSR count). The molecule has 0 saturated carbocycles. The Morgan fingerprint density at radius 1 is 1.41 bits per heavy atom. The Kier molecular flexibility index (Phi) is 4.06. The molecule has 7 heteroatoms. The average molecular weight is 366 g/mol. The van der Waals surface area contributed by atoms with Crippen LogP contribution in [0.15, 0.2) is 39.7 Å². The summed E-state index contributed by atoms with van der Waals surface area (Å²) < 4.78 is 13.4. The second-order valence-corrected chi connectivity index (χ2v) is 5.94. The molecule has 0 N–H and O–H groups in total. The first-order valence-corrected chi connectivity index (χ1v) is 7.67. The van der Waals surface area contributed by atoms with E-state index in [2.05, 4.69) is 21.0 Å². The zero-order chi connectivity index (χ0) is 15.7. The number of nitrogens with zero attached hydrogens (tertiary/aromatic N) is 3. The van der Waals surface area contributed by atoms with Crippen molar-refractivity contribution < 1.29 is 9.47 Å². The van der Waals surface area contributed by atoms with E-state index in [-0.39, 0.29) is 11.7 Å². The molecule has 0 aliphatic carbocycles. The van der Waals surface area contributed by atoms with Gasteiger partial charge in [0.15, 0.2) is 17.6 Å². The van der Waals surface area contributed by atoms with Crippen LogP contribution < -0.4 is 19.9 Å². The predicted octanol–water partition coefficient (Wildman–Crippen LogP) is 1.82. The first-order chi connectivity index (χ1) is 10.6. The second-order valence-electron chi connectivity index (χ2n) is 5.15. The number of hydrogen-bond donors (Lipinski definition) is 0. The van der Waals surface area contributed by atoms with Gasteiger partial charge in [0.05, 0.1) is 18.4 Å². The molecule has 1 aliphatic heterocycles. The van der Waals surface area contributed by atoms with Gasteiger partial charge in [0.1, 0.15) is 11.1 Å². The summed E-state index contributed by atoms with van der Waals surface area (Å²) in [6, 6.07) is 7.60. The minimum Gasteiger partial charge on any atom is -0.486 e. The SMILES string of the molecule is CN(CC1COc2ccccc2O1)c1cnn(C)c(=O)c1Br. The van der Waals surface area contributed by atoms with Gasteiger partial charge in [-0.05, 0) is 28.1 Å². The van der Waals surface area contributed by atoms with E-state index in [1.165, 1.54) is 4.68 Å². The van der Waals surface area contributed by atoms with Crippen molar-refractivity contribution in [3.05, 3.63) is 45.3 Å². The van der Waals surface area contributed by atoms with E-state index in [0.717, 1.165) is 17.2 Å². The molecule has 0 radical (unpaired) electrons. The van der Waals surface area contributed by atoms with Gasteiger partial charge >= 0.3 is 0 Å². The fourth-order valence-corrected chi connectivity index (χ4v) is 2.99. The number of benzene rings is 1. The second kappa shape index (κ2) is 6.00. The lowest BCUT2D eigenvalue weighted by molar-refractivity contribution is 0.0960. The summed E-state index contributed by atoms with van der Waals surface area (Å²) in [7, 11) is 3.51. The number of anilines is 1. The molecule has 1 unspecified atom stereocenters. The van der Waals surface area contributed by atoms with Gasteiger partial charge < -0.3 is 14.4 Å². The third kappa shape index (κ3) is 2.81. The number of aryl methyl sites for hydroxylation is 1. The third-order valence-corrected chi connectivity index (χ3v) is 4.26. The van der Waals surface area contributed by atoms with Crippen LogP contribution in [0.3, 0.4) is 0 Å². The van der Waals surface area contributed by atoms with Gasteiger partial charge in [0.25, 0.3) is 5.56 Å². The van der Waals surface area contributed by atoms with E-state index in [1.54, 1.807) is 13.2 Å². The first-order valence-electron chi connectivity index (χ1n) is 6.87. The van der Waals surface area contributed by atoms with E-state index >= 15 is 0 Å². The number of para-hydroxylation sites is 2. The molecule has 2 heterocycles. The Morgan fingerprint density at radius 2 is 2.14 bits per heavy atom. The molecule has 0 amide bonds. The molecule has 116 valence electrons. The summed E-state index contributed by atoms with van der Waals surface area (Å²) in [5.41, 5.74) is 0.557. The van der Waals surface area contributed by atoms with Crippen molar-refractivity contribution in [3.8, 4) is 11.5 Å². The van der Waals surface area contributed by atoms with Gasteiger partial charge in [-0.3, -0.25) is 4.79 Å². The van der Waals surface area contributed by atoms with Crippen LogP contribution in [0.1, 0.15) is 0 Å². The maximum Gasteiger partial charge on any atom is 0.282 e. The van der Waals surface area contributed by atoms with E-state index in [9.17, 15) is 4.79 Å². The number of halogens is 1. The Morgan fingerprint density at radius 3 is 2.91 bits per heavy atom. The normalized spacial score (nSPS) is 16.4. The summed E-state index contributed by atoms with van der Waals surface area (Å²) in [6.07, 6.45) is 1.54. The zero-order valence-electron chi connectivity index (χ0n) is 12.3. The molecule has 0 bridgehead atoms. The van der Waals surface area contributed by atoms with E-state index in [1.807, 2.05) is 36.2 Å². The molecule has 1 atom stereocenters. The predicted molar refractivity (Wildman–Crippen MR) is 86.8 cm³/mol. The monoisotopic (exact) mass is 365 g/mol. The van der Waals surface area contributed by atoms with Gasteiger partial charge in [-0.2, -0.15) is 5.10 Å². The largest absolute Gasteiger partial charge is 0.486 e. The molecular weight excluding hydrogens is 350 g/mol. The van der Waals surface area contributed by atoms with Crippen LogP contribution in [0.4, 0.5) is 5.69 Å². The van der Waals surface area contributed by atoms with Crippen molar-refractivity contribution in [2.45, 2.75) is 6.10 Å². The van der Waals surface area contributed by atoms with Crippen molar-refractivity contribution >= 4 is 21.6 Å². The maximum absolute atomic E-state index is 11.9. The minimum absolute atomic E-state index is 0.115. The fraction of sp³-hybridized carbons (Fsp3) is 0.333. The first kappa shape index (κ1) is 14.9. The van der Waals surface area contributed by atoms with Crippen molar-refractivity contribution in [1.29, 1.82) is 0 Å². The van der Waals surface area contributed by atoms with Gasteiger partial charge in [-0.15, -0.1) is 0 Å². The van der Waals surface area contributed by atoms with E-state index in [0.29, 0.717) is 17.6 Å². The quantitative estimate of drug-likeness (QED) is 0.830. The van der Waals surface area contributed by atoms with Crippen LogP contribution in [0.5, 0.6) is 11.5 Å². The highest BCUT2D eigenvalue weighted by molar-refractivity contribution is 9.10. The number of rotatable bonds is 3. The molecule has 0 fully saturated rings. The molecule has 0 spiro atoms. The van der Waals surface area contributed by atoms with Gasteiger partial charge in [-0.25, -0.2) is 4.68 Å². The maximum atomic E-state index is 11.9. The number of aromatic nitrogens is 2. The van der Waals surface area contributed by atoms with Crippen LogP contribution >= 0.6 is 15.9 Å². The molecule has 22 heavy (non-hydrogen) atoms. The number of fused-ring (bicyclic) bond motifs is 1. The lowest BCUT2D eigenvalue weighted by Gasteiger charge is -2.30. The third-order valence-electron chi connectivity index (χ3n) is 3.52. The van der Waals surface area contributed by atoms with Gasteiger partial charge in [0, 0.05) is 14.1 Å². The Labute approximate surface area is 136 Å². The molecule has 1 aliphatic rings. The smallest absolute Gasteiger partial charge is 0.282 e. The van der Waals surface area contributed by atoms with E-state index in [4.69, 9.17) is 9.47 Å². The average Bonchev–Trinajstić information content (AvgIpc) is 2.52. The molecule has 1 aromatic heterocycles. The molecule has 6 nitrogen and oxygen atoms in total. The van der Waals surface area contributed by atoms with Gasteiger partial charge in [0.2, 0.25) is 0 Å². The summed E-state index contributed by atoms with van der Waals surface area (Å²) in [4.78, 5) is 13.9. The van der Waals surface area contributed by atoms with Crippen LogP contribution in [0.2, 0.25) is 0 Å². The lowest BCUT2D eigenvalue weighted by atomic mass is 10.2. The summed E-state index contributed by atoms with van der Waals surface area (Å²) >= 11 is 3.34. The summed E-state index contributed by atoms with van der Waals surface area (Å²) in [5, 5.41) is 4.05. The number of ether oxygens (including phenoxy) is 2. The van der Waals surface area contributed by atoms with E-state index < -0.39 is 0 Å². The van der Waals surface area contributed by atoms with Crippen LogP contribution in [-0.4, -0.2) is 36.1 Å². The summed E-state index contributed by atoms with van der Waals surface area (Å²) in [6.45, 7) is 1.05. The molecule has 2 aromatic rings. The van der Waals surface area contributed by atoms with Crippen LogP contribution in [0.25, 0.3) is 0 Å². The highest BCUT2D eigenvalue weighted by Gasteiger charge is 2.23. The fourth-order valence-electron chi connectivity index (χ4n) is 2.32. The van der Waals surface area contributed by atoms with Crippen LogP contribution in [0, 0.1) is 0 Å². The number of likely N-dealkylation sites (N-methyl/N-ethyl adjacent to an activating group) is 1. The Balaban J connectivity index is 1.75. The number of hydrogen-bond acceptors (Lipinski definition) is 5. The minimum atomic E-state index is -0.171.